The first-order chi connectivity index (χ1) is 13.2. The van der Waals surface area contributed by atoms with Crippen LogP contribution in [0, 0.1) is 0 Å². The maximum atomic E-state index is 13.0. The van der Waals surface area contributed by atoms with E-state index < -0.39 is 0 Å². The number of rotatable bonds is 4. The van der Waals surface area contributed by atoms with Crippen molar-refractivity contribution in [1.29, 1.82) is 0 Å². The van der Waals surface area contributed by atoms with E-state index in [2.05, 4.69) is 0 Å². The third-order valence-electron chi connectivity index (χ3n) is 4.31. The Kier molecular flexibility index (Phi) is 6.16. The highest BCUT2D eigenvalue weighted by Crippen LogP contribution is 2.32. The number of benzene rings is 2. The summed E-state index contributed by atoms with van der Waals surface area (Å²) in [5, 5.41) is 0. The summed E-state index contributed by atoms with van der Waals surface area (Å²) in [5.41, 5.74) is 4.20. The first kappa shape index (κ1) is 18.6. The average molecular weight is 358 g/mol. The predicted octanol–water partition coefficient (Wildman–Crippen LogP) is 5.01. The summed E-state index contributed by atoms with van der Waals surface area (Å²) in [6, 6.07) is 19.5. The molecule has 0 atom stereocenters. The predicted molar refractivity (Wildman–Crippen MR) is 108 cm³/mol. The van der Waals surface area contributed by atoms with Crippen LogP contribution in [0.2, 0.25) is 0 Å². The average Bonchev–Trinajstić information content (AvgIpc) is 2.67. The van der Waals surface area contributed by atoms with Crippen LogP contribution in [-0.2, 0) is 14.3 Å². The monoisotopic (exact) mass is 358 g/mol. The maximum Gasteiger partial charge on any atom is 0.330 e. The van der Waals surface area contributed by atoms with Crippen molar-refractivity contribution in [1.82, 2.24) is 0 Å². The molecule has 1 aliphatic carbocycles. The molecule has 0 saturated heterocycles. The van der Waals surface area contributed by atoms with Gasteiger partial charge in [0.1, 0.15) is 0 Å². The Morgan fingerprint density at radius 1 is 0.889 bits per heavy atom. The summed E-state index contributed by atoms with van der Waals surface area (Å²) in [4.78, 5) is 24.9. The maximum absolute atomic E-state index is 13.0. The normalized spacial score (nSPS) is 17.2. The number of hydrogen-bond acceptors (Lipinski definition) is 3. The number of ether oxygens (including phenoxy) is 1. The zero-order chi connectivity index (χ0) is 19.1. The molecule has 2 aromatic carbocycles. The van der Waals surface area contributed by atoms with Crippen LogP contribution in [0.1, 0.15) is 30.9 Å². The van der Waals surface area contributed by atoms with Gasteiger partial charge in [-0.3, -0.25) is 4.79 Å². The summed E-state index contributed by atoms with van der Waals surface area (Å²) in [6.07, 6.45) is 6.24. The Hall–Kier alpha value is -3.20. The van der Waals surface area contributed by atoms with E-state index in [1.165, 1.54) is 6.08 Å². The Bertz CT molecular complexity index is 840. The van der Waals surface area contributed by atoms with Gasteiger partial charge in [0.25, 0.3) is 0 Å². The minimum absolute atomic E-state index is 0.0312. The van der Waals surface area contributed by atoms with Crippen LogP contribution in [0.4, 0.5) is 0 Å². The lowest BCUT2D eigenvalue weighted by atomic mass is 9.83. The molecule has 27 heavy (non-hydrogen) atoms. The zero-order valence-electron chi connectivity index (χ0n) is 15.4. The smallest absolute Gasteiger partial charge is 0.330 e. The van der Waals surface area contributed by atoms with E-state index in [0.29, 0.717) is 30.6 Å². The molecule has 2 aromatic rings. The Morgan fingerprint density at radius 3 is 1.81 bits per heavy atom. The summed E-state index contributed by atoms with van der Waals surface area (Å²) in [5.74, 6) is -0.330. The lowest BCUT2D eigenvalue weighted by Gasteiger charge is -2.20. The topological polar surface area (TPSA) is 43.4 Å². The number of ketones is 1. The van der Waals surface area contributed by atoms with Gasteiger partial charge in [-0.25, -0.2) is 4.79 Å². The summed E-state index contributed by atoms with van der Waals surface area (Å²) >= 11 is 0. The van der Waals surface area contributed by atoms with Crippen LogP contribution in [0.25, 0.3) is 12.2 Å². The van der Waals surface area contributed by atoms with E-state index in [-0.39, 0.29) is 11.8 Å². The van der Waals surface area contributed by atoms with E-state index in [9.17, 15) is 9.59 Å². The molecule has 1 fully saturated rings. The highest BCUT2D eigenvalue weighted by molar-refractivity contribution is 6.15. The molecule has 136 valence electrons. The lowest BCUT2D eigenvalue weighted by Crippen LogP contribution is -2.15. The standard InChI is InChI=1S/C24H22O3/c1-2-27-23(25)17-20-15-21(13-18-9-5-3-6-10-18)24(26)22(16-20)14-19-11-7-4-8-12-19/h3-14,17H,2,15-16H2,1H3/b21-13+,22-14+. The van der Waals surface area contributed by atoms with Crippen LogP contribution < -0.4 is 0 Å². The second kappa shape index (κ2) is 8.95. The van der Waals surface area contributed by atoms with Crippen molar-refractivity contribution >= 4 is 23.9 Å². The van der Waals surface area contributed by atoms with Crippen molar-refractivity contribution in [3.63, 3.8) is 0 Å². The van der Waals surface area contributed by atoms with Crippen LogP contribution in [0.3, 0.4) is 0 Å². The van der Waals surface area contributed by atoms with Crippen molar-refractivity contribution < 1.29 is 14.3 Å². The Balaban J connectivity index is 1.98. The number of allylic oxidation sites excluding steroid dienone is 3. The second-order valence-electron chi connectivity index (χ2n) is 6.40. The molecule has 0 spiro atoms. The van der Waals surface area contributed by atoms with E-state index >= 15 is 0 Å². The van der Waals surface area contributed by atoms with Crippen molar-refractivity contribution in [2.45, 2.75) is 19.8 Å². The molecular weight excluding hydrogens is 336 g/mol. The molecule has 0 aromatic heterocycles. The molecule has 3 nitrogen and oxygen atoms in total. The van der Waals surface area contributed by atoms with E-state index in [1.807, 2.05) is 72.8 Å². The molecule has 0 unspecified atom stereocenters. The fourth-order valence-corrected chi connectivity index (χ4v) is 3.11. The molecular formula is C24H22O3. The number of Topliss-reactive ketones (excluding diaryl/α,β-unsaturated/α-hetero) is 1. The molecule has 3 rings (SSSR count). The van der Waals surface area contributed by atoms with Gasteiger partial charge in [0, 0.05) is 17.2 Å². The Labute approximate surface area is 159 Å². The van der Waals surface area contributed by atoms with Gasteiger partial charge in [-0.05, 0) is 43.0 Å². The van der Waals surface area contributed by atoms with Crippen LogP contribution >= 0.6 is 0 Å². The molecule has 3 heteroatoms. The number of carbonyl (C=O) groups is 2. The van der Waals surface area contributed by atoms with Gasteiger partial charge in [0.15, 0.2) is 5.78 Å². The van der Waals surface area contributed by atoms with Gasteiger partial charge < -0.3 is 4.74 Å². The van der Waals surface area contributed by atoms with Crippen LogP contribution in [-0.4, -0.2) is 18.4 Å². The van der Waals surface area contributed by atoms with Crippen LogP contribution in [0.15, 0.2) is 83.5 Å². The molecule has 0 amide bonds. The fourth-order valence-electron chi connectivity index (χ4n) is 3.11. The van der Waals surface area contributed by atoms with Crippen LogP contribution in [0.5, 0.6) is 0 Å². The zero-order valence-corrected chi connectivity index (χ0v) is 15.4. The highest BCUT2D eigenvalue weighted by Gasteiger charge is 2.24. The number of hydrogen-bond donors (Lipinski definition) is 0. The van der Waals surface area contributed by atoms with E-state index in [1.54, 1.807) is 6.92 Å². The molecule has 0 aliphatic heterocycles. The minimum Gasteiger partial charge on any atom is -0.463 e. The van der Waals surface area contributed by atoms with Crippen molar-refractivity contribution in [2.75, 3.05) is 6.61 Å². The van der Waals surface area contributed by atoms with Gasteiger partial charge in [-0.2, -0.15) is 0 Å². The van der Waals surface area contributed by atoms with Gasteiger partial charge in [-0.15, -0.1) is 0 Å². The van der Waals surface area contributed by atoms with Gasteiger partial charge in [0.05, 0.1) is 6.61 Å². The second-order valence-corrected chi connectivity index (χ2v) is 6.40. The SMILES string of the molecule is CCOC(=O)C=C1C/C(=C\c2ccccc2)C(=O)/C(=C/c2ccccc2)C1. The van der Waals surface area contributed by atoms with Gasteiger partial charge in [0.2, 0.25) is 0 Å². The van der Waals surface area contributed by atoms with Crippen molar-refractivity contribution in [3.8, 4) is 0 Å². The van der Waals surface area contributed by atoms with Crippen molar-refractivity contribution in [3.05, 3.63) is 94.6 Å². The minimum atomic E-state index is -0.361. The summed E-state index contributed by atoms with van der Waals surface area (Å²) in [6.45, 7) is 2.11. The summed E-state index contributed by atoms with van der Waals surface area (Å²) in [7, 11) is 0. The Morgan fingerprint density at radius 2 is 1.37 bits per heavy atom. The molecule has 1 saturated carbocycles. The third-order valence-corrected chi connectivity index (χ3v) is 4.31. The third kappa shape index (κ3) is 5.14. The number of esters is 1. The number of carbonyl (C=O) groups excluding carboxylic acids is 2. The quantitative estimate of drug-likeness (QED) is 0.570. The van der Waals surface area contributed by atoms with Gasteiger partial charge in [-0.1, -0.05) is 66.2 Å². The fraction of sp³-hybridized carbons (Fsp3) is 0.167. The molecule has 0 heterocycles. The van der Waals surface area contributed by atoms with Crippen molar-refractivity contribution in [2.24, 2.45) is 0 Å². The van der Waals surface area contributed by atoms with E-state index in [0.717, 1.165) is 16.7 Å². The first-order valence-corrected chi connectivity index (χ1v) is 9.08. The molecule has 1 aliphatic rings. The molecule has 0 radical (unpaired) electrons. The van der Waals surface area contributed by atoms with E-state index in [4.69, 9.17) is 4.74 Å². The van der Waals surface area contributed by atoms with Gasteiger partial charge >= 0.3 is 5.97 Å². The highest BCUT2D eigenvalue weighted by atomic mass is 16.5. The molecule has 0 bridgehead atoms. The lowest BCUT2D eigenvalue weighted by molar-refractivity contribution is -0.137. The molecule has 0 N–H and O–H groups in total. The largest absolute Gasteiger partial charge is 0.463 e. The first-order valence-electron chi connectivity index (χ1n) is 9.08. The summed E-state index contributed by atoms with van der Waals surface area (Å²) < 4.78 is 5.04.